The molecule has 1 atom stereocenters. The van der Waals surface area contributed by atoms with Gasteiger partial charge in [-0.05, 0) is 37.0 Å². The molecule has 22 heavy (non-hydrogen) atoms. The van der Waals surface area contributed by atoms with Crippen molar-refractivity contribution < 1.29 is 18.7 Å². The average Bonchev–Trinajstić information content (AvgIpc) is 2.52. The van der Waals surface area contributed by atoms with E-state index in [1.165, 1.54) is 31.4 Å². The molecule has 1 aromatic carbocycles. The highest BCUT2D eigenvalue weighted by molar-refractivity contribution is 5.87. The predicted octanol–water partition coefficient (Wildman–Crippen LogP) is 3.25. The lowest BCUT2D eigenvalue weighted by Crippen LogP contribution is -2.27. The van der Waals surface area contributed by atoms with E-state index in [-0.39, 0.29) is 12.5 Å². The van der Waals surface area contributed by atoms with Gasteiger partial charge in [0, 0.05) is 6.54 Å². The van der Waals surface area contributed by atoms with Crippen molar-refractivity contribution in [3.05, 3.63) is 47.5 Å². The minimum absolute atomic E-state index is 0.230. The maximum absolute atomic E-state index is 13.5. The second kappa shape index (κ2) is 8.03. The van der Waals surface area contributed by atoms with Crippen molar-refractivity contribution in [1.29, 1.82) is 0 Å². The molecule has 0 heterocycles. The van der Waals surface area contributed by atoms with Crippen LogP contribution in [-0.4, -0.2) is 17.6 Å². The number of aliphatic hydroxyl groups excluding tert-OH is 1. The van der Waals surface area contributed by atoms with E-state index >= 15 is 0 Å². The summed E-state index contributed by atoms with van der Waals surface area (Å²) in [5.74, 6) is -1.58. The third-order valence-electron chi connectivity index (χ3n) is 3.97. The maximum Gasteiger partial charge on any atom is 0.243 e. The number of aliphatic hydroxyl groups is 1. The van der Waals surface area contributed by atoms with Gasteiger partial charge in [0.05, 0.1) is 5.56 Å². The fraction of sp³-hybridized carbons (Fsp3) is 0.471. The summed E-state index contributed by atoms with van der Waals surface area (Å²) >= 11 is 0. The van der Waals surface area contributed by atoms with Crippen LogP contribution in [0.15, 0.2) is 30.4 Å². The van der Waals surface area contributed by atoms with E-state index in [4.69, 9.17) is 0 Å². The third-order valence-corrected chi connectivity index (χ3v) is 3.97. The van der Waals surface area contributed by atoms with Gasteiger partial charge in [0.15, 0.2) is 0 Å². The van der Waals surface area contributed by atoms with Gasteiger partial charge in [0.2, 0.25) is 5.91 Å². The van der Waals surface area contributed by atoms with Gasteiger partial charge < -0.3 is 10.4 Å². The molecule has 1 aliphatic carbocycles. The highest BCUT2D eigenvalue weighted by atomic mass is 19.1. The minimum Gasteiger partial charge on any atom is -0.386 e. The van der Waals surface area contributed by atoms with E-state index in [9.17, 15) is 18.7 Å². The Kier molecular flexibility index (Phi) is 6.07. The van der Waals surface area contributed by atoms with E-state index < -0.39 is 23.3 Å². The molecule has 0 saturated heterocycles. The van der Waals surface area contributed by atoms with Crippen molar-refractivity contribution in [3.63, 3.8) is 0 Å². The van der Waals surface area contributed by atoms with Crippen molar-refractivity contribution in [2.75, 3.05) is 6.54 Å². The van der Waals surface area contributed by atoms with Crippen LogP contribution in [0.5, 0.6) is 0 Å². The number of benzene rings is 1. The van der Waals surface area contributed by atoms with Crippen molar-refractivity contribution in [1.82, 2.24) is 5.32 Å². The van der Waals surface area contributed by atoms with Gasteiger partial charge in [0.25, 0.3) is 0 Å². The second-order valence-corrected chi connectivity index (χ2v) is 5.65. The zero-order valence-electron chi connectivity index (χ0n) is 12.4. The molecule has 1 amide bonds. The number of allylic oxidation sites excluding steroid dienone is 1. The van der Waals surface area contributed by atoms with Crippen LogP contribution in [0.4, 0.5) is 8.78 Å². The Morgan fingerprint density at radius 3 is 2.55 bits per heavy atom. The number of carbonyl (C=O) groups is 1. The van der Waals surface area contributed by atoms with Crippen molar-refractivity contribution >= 4 is 5.91 Å². The van der Waals surface area contributed by atoms with Gasteiger partial charge in [-0.15, -0.1) is 0 Å². The Morgan fingerprint density at radius 1 is 1.27 bits per heavy atom. The van der Waals surface area contributed by atoms with Crippen LogP contribution in [0.2, 0.25) is 0 Å². The van der Waals surface area contributed by atoms with Gasteiger partial charge in [0.1, 0.15) is 17.7 Å². The largest absolute Gasteiger partial charge is 0.386 e. The number of hydrogen-bond donors (Lipinski definition) is 2. The summed E-state index contributed by atoms with van der Waals surface area (Å²) in [6.45, 7) is -0.230. The number of amides is 1. The van der Waals surface area contributed by atoms with Crippen molar-refractivity contribution in [2.45, 2.75) is 38.2 Å². The monoisotopic (exact) mass is 309 g/mol. The van der Waals surface area contributed by atoms with E-state index in [1.54, 1.807) is 0 Å². The lowest BCUT2D eigenvalue weighted by molar-refractivity contribution is -0.117. The first kappa shape index (κ1) is 16.6. The first-order valence-corrected chi connectivity index (χ1v) is 7.66. The minimum atomic E-state index is -1.41. The molecule has 1 saturated carbocycles. The van der Waals surface area contributed by atoms with Gasteiger partial charge in [-0.25, -0.2) is 8.78 Å². The summed E-state index contributed by atoms with van der Waals surface area (Å²) in [6, 6.07) is 3.38. The molecule has 120 valence electrons. The van der Waals surface area contributed by atoms with Crippen LogP contribution in [0.3, 0.4) is 0 Å². The van der Waals surface area contributed by atoms with E-state index in [0.717, 1.165) is 25.0 Å². The molecule has 1 fully saturated rings. The molecule has 3 nitrogen and oxygen atoms in total. The zero-order chi connectivity index (χ0) is 15.9. The lowest BCUT2D eigenvalue weighted by atomic mass is 9.89. The van der Waals surface area contributed by atoms with Gasteiger partial charge in [-0.2, -0.15) is 0 Å². The molecule has 0 bridgehead atoms. The molecule has 0 spiro atoms. The number of halogens is 2. The predicted molar refractivity (Wildman–Crippen MR) is 80.0 cm³/mol. The standard InChI is InChI=1S/C17H21F2NO2/c18-13-7-4-8-14(19)17(13)15(21)11-20-16(22)10-9-12-5-2-1-3-6-12/h4,7-10,12,15,21H,1-3,5-6,11H2,(H,20,22)/b10-9+. The van der Waals surface area contributed by atoms with Crippen LogP contribution in [0.1, 0.15) is 43.8 Å². The normalized spacial score (nSPS) is 17.6. The Morgan fingerprint density at radius 2 is 1.91 bits per heavy atom. The SMILES string of the molecule is O=C(/C=C/C1CCCCC1)NCC(O)c1c(F)cccc1F. The highest BCUT2D eigenvalue weighted by Crippen LogP contribution is 2.24. The number of carbonyl (C=O) groups excluding carboxylic acids is 1. The van der Waals surface area contributed by atoms with Crippen LogP contribution >= 0.6 is 0 Å². The van der Waals surface area contributed by atoms with E-state index in [1.807, 2.05) is 6.08 Å². The molecule has 5 heteroatoms. The first-order chi connectivity index (χ1) is 10.6. The molecule has 0 aromatic heterocycles. The Labute approximate surface area is 129 Å². The fourth-order valence-electron chi connectivity index (χ4n) is 2.74. The topological polar surface area (TPSA) is 49.3 Å². The molecule has 0 aliphatic heterocycles. The molecular formula is C17H21F2NO2. The van der Waals surface area contributed by atoms with Crippen LogP contribution in [0, 0.1) is 17.6 Å². The van der Waals surface area contributed by atoms with Gasteiger partial charge in [-0.3, -0.25) is 4.79 Å². The van der Waals surface area contributed by atoms with E-state index in [2.05, 4.69) is 5.32 Å². The molecule has 1 aromatic rings. The van der Waals surface area contributed by atoms with E-state index in [0.29, 0.717) is 5.92 Å². The van der Waals surface area contributed by atoms with Crippen molar-refractivity contribution in [2.24, 2.45) is 5.92 Å². The second-order valence-electron chi connectivity index (χ2n) is 5.65. The summed E-state index contributed by atoms with van der Waals surface area (Å²) in [7, 11) is 0. The molecular weight excluding hydrogens is 288 g/mol. The highest BCUT2D eigenvalue weighted by Gasteiger charge is 2.18. The smallest absolute Gasteiger partial charge is 0.243 e. The quantitative estimate of drug-likeness (QED) is 0.820. The van der Waals surface area contributed by atoms with Gasteiger partial charge in [-0.1, -0.05) is 31.4 Å². The first-order valence-electron chi connectivity index (χ1n) is 7.66. The summed E-state index contributed by atoms with van der Waals surface area (Å²) < 4.78 is 27.0. The lowest BCUT2D eigenvalue weighted by Gasteiger charge is -2.17. The molecule has 2 N–H and O–H groups in total. The fourth-order valence-corrected chi connectivity index (χ4v) is 2.74. The number of nitrogens with one attached hydrogen (secondary N) is 1. The van der Waals surface area contributed by atoms with Crippen LogP contribution in [0.25, 0.3) is 0 Å². The number of rotatable bonds is 5. The molecule has 1 unspecified atom stereocenters. The third kappa shape index (κ3) is 4.63. The molecule has 1 aliphatic rings. The summed E-state index contributed by atoms with van der Waals surface area (Å²) in [6.07, 6.45) is 7.71. The number of hydrogen-bond acceptors (Lipinski definition) is 2. The van der Waals surface area contributed by atoms with Gasteiger partial charge >= 0.3 is 0 Å². The zero-order valence-corrected chi connectivity index (χ0v) is 12.4. The van der Waals surface area contributed by atoms with Crippen LogP contribution in [-0.2, 0) is 4.79 Å². The summed E-state index contributed by atoms with van der Waals surface area (Å²) in [5.41, 5.74) is -0.418. The average molecular weight is 309 g/mol. The Balaban J connectivity index is 1.84. The molecule has 0 radical (unpaired) electrons. The summed E-state index contributed by atoms with van der Waals surface area (Å²) in [4.78, 5) is 11.7. The van der Waals surface area contributed by atoms with Crippen LogP contribution < -0.4 is 5.32 Å². The Hall–Kier alpha value is -1.75. The van der Waals surface area contributed by atoms with Crippen molar-refractivity contribution in [3.8, 4) is 0 Å². The maximum atomic E-state index is 13.5. The molecule has 2 rings (SSSR count). The summed E-state index contributed by atoms with van der Waals surface area (Å²) in [5, 5.41) is 12.3. The Bertz CT molecular complexity index is 519.